The van der Waals surface area contributed by atoms with Crippen molar-refractivity contribution in [1.29, 1.82) is 0 Å². The third-order valence-corrected chi connectivity index (χ3v) is 6.52. The molecule has 1 aromatic heterocycles. The molecule has 0 aliphatic carbocycles. The van der Waals surface area contributed by atoms with Gasteiger partial charge in [0.05, 0.1) is 12.3 Å². The van der Waals surface area contributed by atoms with E-state index >= 15 is 0 Å². The molecule has 1 aliphatic heterocycles. The van der Waals surface area contributed by atoms with E-state index < -0.39 is 40.0 Å². The summed E-state index contributed by atoms with van der Waals surface area (Å²) in [5.74, 6) is -4.00. The first-order valence-corrected chi connectivity index (χ1v) is 11.2. The highest BCUT2D eigenvalue weighted by molar-refractivity contribution is 7.89. The Hall–Kier alpha value is -2.99. The number of piperazine rings is 1. The van der Waals surface area contributed by atoms with Crippen molar-refractivity contribution in [3.8, 4) is 11.6 Å². The van der Waals surface area contributed by atoms with Gasteiger partial charge in [-0.3, -0.25) is 0 Å². The zero-order valence-electron chi connectivity index (χ0n) is 17.5. The molecule has 0 atom stereocenters. The van der Waals surface area contributed by atoms with E-state index in [0.29, 0.717) is 5.88 Å². The number of halogens is 2. The molecule has 1 saturated heterocycles. The number of aliphatic carboxylic acids is 1. The van der Waals surface area contributed by atoms with Gasteiger partial charge in [-0.2, -0.15) is 8.70 Å². The number of benzene rings is 1. The number of sulfonamides is 1. The molecule has 32 heavy (non-hydrogen) atoms. The molecule has 0 radical (unpaired) electrons. The van der Waals surface area contributed by atoms with Crippen molar-refractivity contribution >= 4 is 21.7 Å². The SMILES string of the molecule is CC(C)Oc1ccc(S(=O)(=O)N2CCN(c3cc(F)c(F)c(OCC(=O)O)c3)CC2)cn1. The lowest BCUT2D eigenvalue weighted by atomic mass is 10.2. The van der Waals surface area contributed by atoms with Gasteiger partial charge in [0.25, 0.3) is 0 Å². The Morgan fingerprint density at radius 3 is 2.44 bits per heavy atom. The van der Waals surface area contributed by atoms with Crippen molar-refractivity contribution in [2.24, 2.45) is 0 Å². The van der Waals surface area contributed by atoms with Crippen LogP contribution in [0.5, 0.6) is 11.6 Å². The Morgan fingerprint density at radius 2 is 1.88 bits per heavy atom. The van der Waals surface area contributed by atoms with E-state index in [1.54, 1.807) is 4.90 Å². The Bertz CT molecular complexity index is 1070. The first-order chi connectivity index (χ1) is 15.1. The molecule has 0 unspecified atom stereocenters. The number of rotatable bonds is 8. The van der Waals surface area contributed by atoms with Gasteiger partial charge >= 0.3 is 5.97 Å². The second-order valence-electron chi connectivity index (χ2n) is 7.31. The Balaban J connectivity index is 1.70. The van der Waals surface area contributed by atoms with Crippen molar-refractivity contribution in [1.82, 2.24) is 9.29 Å². The van der Waals surface area contributed by atoms with Crippen LogP contribution < -0.4 is 14.4 Å². The highest BCUT2D eigenvalue weighted by Crippen LogP contribution is 2.29. The molecule has 174 valence electrons. The average Bonchev–Trinajstić information content (AvgIpc) is 2.74. The normalized spacial score (nSPS) is 15.1. The van der Waals surface area contributed by atoms with Crippen LogP contribution in [-0.2, 0) is 14.8 Å². The van der Waals surface area contributed by atoms with Gasteiger partial charge < -0.3 is 19.5 Å². The van der Waals surface area contributed by atoms with E-state index in [4.69, 9.17) is 14.6 Å². The zero-order chi connectivity index (χ0) is 23.5. The number of nitrogens with zero attached hydrogens (tertiary/aromatic N) is 3. The molecule has 12 heteroatoms. The van der Waals surface area contributed by atoms with Gasteiger partial charge in [0.15, 0.2) is 18.2 Å². The maximum atomic E-state index is 14.0. The molecule has 1 N–H and O–H groups in total. The summed E-state index contributed by atoms with van der Waals surface area (Å²) in [6.07, 6.45) is 1.14. The minimum absolute atomic E-state index is 0.0271. The zero-order valence-corrected chi connectivity index (χ0v) is 18.3. The standard InChI is InChI=1S/C20H23F2N3O6S/c1-13(2)31-18-4-3-15(11-23-18)32(28,29)25-7-5-24(6-8-25)14-9-16(21)20(22)17(10-14)30-12-19(26)27/h3-4,9-11,13H,5-8,12H2,1-2H3,(H,26,27). The van der Waals surface area contributed by atoms with E-state index in [9.17, 15) is 22.0 Å². The van der Waals surface area contributed by atoms with Crippen LogP contribution in [0.3, 0.4) is 0 Å². The third kappa shape index (κ3) is 5.43. The number of ether oxygens (including phenoxy) is 2. The highest BCUT2D eigenvalue weighted by atomic mass is 32.2. The van der Waals surface area contributed by atoms with Gasteiger partial charge in [0.1, 0.15) is 4.90 Å². The fraction of sp³-hybridized carbons (Fsp3) is 0.400. The summed E-state index contributed by atoms with van der Waals surface area (Å²) < 4.78 is 65.2. The van der Waals surface area contributed by atoms with Crippen LogP contribution in [0, 0.1) is 11.6 Å². The fourth-order valence-electron chi connectivity index (χ4n) is 3.14. The summed E-state index contributed by atoms with van der Waals surface area (Å²) in [5, 5.41) is 8.68. The number of carbonyl (C=O) groups is 1. The topological polar surface area (TPSA) is 109 Å². The molecule has 2 heterocycles. The van der Waals surface area contributed by atoms with Gasteiger partial charge in [-0.25, -0.2) is 22.6 Å². The molecular weight excluding hydrogens is 448 g/mol. The van der Waals surface area contributed by atoms with Gasteiger partial charge in [0, 0.05) is 50.1 Å². The fourth-order valence-corrected chi connectivity index (χ4v) is 4.51. The van der Waals surface area contributed by atoms with Crippen molar-refractivity contribution in [2.45, 2.75) is 24.8 Å². The number of aromatic nitrogens is 1. The van der Waals surface area contributed by atoms with Crippen molar-refractivity contribution in [3.63, 3.8) is 0 Å². The number of hydrogen-bond acceptors (Lipinski definition) is 7. The van der Waals surface area contributed by atoms with Crippen LogP contribution in [0.4, 0.5) is 14.5 Å². The van der Waals surface area contributed by atoms with E-state index in [0.717, 1.165) is 6.07 Å². The summed E-state index contributed by atoms with van der Waals surface area (Å²) >= 11 is 0. The second-order valence-corrected chi connectivity index (χ2v) is 9.25. The van der Waals surface area contributed by atoms with Gasteiger partial charge in [-0.15, -0.1) is 0 Å². The molecule has 0 spiro atoms. The van der Waals surface area contributed by atoms with Gasteiger partial charge in [-0.05, 0) is 19.9 Å². The van der Waals surface area contributed by atoms with Crippen LogP contribution in [0.25, 0.3) is 0 Å². The summed E-state index contributed by atoms with van der Waals surface area (Å²) in [5.41, 5.74) is 0.262. The monoisotopic (exact) mass is 471 g/mol. The van der Waals surface area contributed by atoms with Crippen LogP contribution in [0.2, 0.25) is 0 Å². The number of hydrogen-bond donors (Lipinski definition) is 1. The molecule has 1 aromatic carbocycles. The molecule has 2 aromatic rings. The number of anilines is 1. The van der Waals surface area contributed by atoms with E-state index in [2.05, 4.69) is 4.98 Å². The first-order valence-electron chi connectivity index (χ1n) is 9.79. The number of carboxylic acid groups (broad SMARTS) is 1. The largest absolute Gasteiger partial charge is 0.479 e. The van der Waals surface area contributed by atoms with E-state index in [1.165, 1.54) is 28.7 Å². The number of pyridine rings is 1. The minimum Gasteiger partial charge on any atom is -0.479 e. The van der Waals surface area contributed by atoms with E-state index in [1.807, 2.05) is 13.8 Å². The molecule has 1 fully saturated rings. The molecule has 0 saturated carbocycles. The quantitative estimate of drug-likeness (QED) is 0.624. The highest BCUT2D eigenvalue weighted by Gasteiger charge is 2.29. The van der Waals surface area contributed by atoms with Crippen molar-refractivity contribution < 1.29 is 36.6 Å². The van der Waals surface area contributed by atoms with Crippen molar-refractivity contribution in [3.05, 3.63) is 42.1 Å². The molecule has 3 rings (SSSR count). The Morgan fingerprint density at radius 1 is 1.19 bits per heavy atom. The minimum atomic E-state index is -3.79. The maximum Gasteiger partial charge on any atom is 0.341 e. The van der Waals surface area contributed by atoms with Gasteiger partial charge in [-0.1, -0.05) is 0 Å². The summed E-state index contributed by atoms with van der Waals surface area (Å²) in [6.45, 7) is 3.49. The Labute approximate surface area is 184 Å². The maximum absolute atomic E-state index is 14.0. The predicted molar refractivity (Wildman–Crippen MR) is 110 cm³/mol. The lowest BCUT2D eigenvalue weighted by Gasteiger charge is -2.35. The van der Waals surface area contributed by atoms with Crippen LogP contribution in [0.15, 0.2) is 35.4 Å². The summed E-state index contributed by atoms with van der Waals surface area (Å²) in [4.78, 5) is 16.4. The van der Waals surface area contributed by atoms with Gasteiger partial charge in [0.2, 0.25) is 21.7 Å². The predicted octanol–water partition coefficient (Wildman–Crippen LogP) is 2.12. The van der Waals surface area contributed by atoms with Crippen LogP contribution in [-0.4, -0.2) is 67.7 Å². The first kappa shape index (κ1) is 23.7. The van der Waals surface area contributed by atoms with E-state index in [-0.39, 0.29) is 42.9 Å². The second kappa shape index (κ2) is 9.65. The molecule has 0 bridgehead atoms. The Kier molecular flexibility index (Phi) is 7.14. The lowest BCUT2D eigenvalue weighted by Crippen LogP contribution is -2.48. The molecule has 9 nitrogen and oxygen atoms in total. The van der Waals surface area contributed by atoms with Crippen LogP contribution in [0.1, 0.15) is 13.8 Å². The third-order valence-electron chi connectivity index (χ3n) is 4.64. The summed E-state index contributed by atoms with van der Waals surface area (Å²) in [6, 6.07) is 5.07. The summed E-state index contributed by atoms with van der Waals surface area (Å²) in [7, 11) is -3.79. The van der Waals surface area contributed by atoms with Crippen LogP contribution >= 0.6 is 0 Å². The average molecular weight is 471 g/mol. The van der Waals surface area contributed by atoms with Crippen molar-refractivity contribution in [2.75, 3.05) is 37.7 Å². The smallest absolute Gasteiger partial charge is 0.341 e. The number of carboxylic acids is 1. The molecular formula is C20H23F2N3O6S. The lowest BCUT2D eigenvalue weighted by molar-refractivity contribution is -0.139. The molecule has 0 amide bonds. The molecule has 1 aliphatic rings.